The van der Waals surface area contributed by atoms with Crippen molar-refractivity contribution in [2.45, 2.75) is 57.2 Å². The van der Waals surface area contributed by atoms with Crippen molar-refractivity contribution >= 4 is 17.6 Å². The molecule has 1 saturated carbocycles. The second-order valence-electron chi connectivity index (χ2n) is 8.73. The van der Waals surface area contributed by atoms with Crippen LogP contribution in [0.3, 0.4) is 0 Å². The van der Waals surface area contributed by atoms with Crippen molar-refractivity contribution in [3.8, 4) is 0 Å². The number of hydrogen-bond donors (Lipinski definition) is 2. The minimum absolute atomic E-state index is 0.0478. The van der Waals surface area contributed by atoms with Gasteiger partial charge < -0.3 is 10.6 Å². The van der Waals surface area contributed by atoms with Crippen molar-refractivity contribution in [3.05, 3.63) is 70.7 Å². The molecular formula is C25H32ClN3O. The highest BCUT2D eigenvalue weighted by Gasteiger charge is 2.34. The summed E-state index contributed by atoms with van der Waals surface area (Å²) in [5, 5.41) is 7.06. The Balaban J connectivity index is 1.23. The van der Waals surface area contributed by atoms with Crippen molar-refractivity contribution in [1.82, 2.24) is 15.5 Å². The minimum Gasteiger partial charge on any atom is -0.334 e. The first kappa shape index (κ1) is 21.2. The summed E-state index contributed by atoms with van der Waals surface area (Å²) < 4.78 is 0. The van der Waals surface area contributed by atoms with E-state index < -0.39 is 0 Å². The van der Waals surface area contributed by atoms with Gasteiger partial charge in [0, 0.05) is 23.7 Å². The van der Waals surface area contributed by atoms with Crippen LogP contribution in [0.5, 0.6) is 0 Å². The number of rotatable bonds is 6. The maximum absolute atomic E-state index is 12.4. The van der Waals surface area contributed by atoms with E-state index in [2.05, 4.69) is 27.7 Å². The van der Waals surface area contributed by atoms with E-state index in [4.69, 9.17) is 11.6 Å². The third kappa shape index (κ3) is 5.77. The number of halogens is 1. The Bertz CT molecular complexity index is 803. The van der Waals surface area contributed by atoms with E-state index >= 15 is 0 Å². The number of nitrogens with one attached hydrogen (secondary N) is 2. The van der Waals surface area contributed by atoms with E-state index in [1.807, 2.05) is 42.5 Å². The van der Waals surface area contributed by atoms with Gasteiger partial charge in [0.15, 0.2) is 0 Å². The number of nitrogens with zero attached hydrogens (tertiary/aromatic N) is 1. The molecule has 4 rings (SSSR count). The van der Waals surface area contributed by atoms with Crippen molar-refractivity contribution in [1.29, 1.82) is 0 Å². The number of amides is 2. The molecule has 5 heteroatoms. The standard InChI is InChI=1S/C25H32ClN3O/c26-22-11-9-19(10-12-22)17-20-13-15-29(16-14-20)24-8-4-7-23(24)28-25(30)27-18-21-5-2-1-3-6-21/h1-3,5-6,9-12,20,23-24H,4,7-8,13-18H2,(H2,27,28,30)/t23-,24-/m1/s1. The molecule has 2 fully saturated rings. The normalized spacial score (nSPS) is 22.7. The van der Waals surface area contributed by atoms with Crippen LogP contribution in [0.15, 0.2) is 54.6 Å². The van der Waals surface area contributed by atoms with Crippen molar-refractivity contribution in [2.24, 2.45) is 5.92 Å². The fraction of sp³-hybridized carbons (Fsp3) is 0.480. The molecule has 0 spiro atoms. The third-order valence-electron chi connectivity index (χ3n) is 6.65. The predicted octanol–water partition coefficient (Wildman–Crippen LogP) is 5.02. The summed E-state index contributed by atoms with van der Waals surface area (Å²) in [4.78, 5) is 15.0. The number of likely N-dealkylation sites (tertiary alicyclic amines) is 1. The number of hydrogen-bond acceptors (Lipinski definition) is 2. The first-order valence-electron chi connectivity index (χ1n) is 11.2. The van der Waals surface area contributed by atoms with Crippen LogP contribution in [0.2, 0.25) is 5.02 Å². The van der Waals surface area contributed by atoms with Gasteiger partial charge in [0.25, 0.3) is 0 Å². The van der Waals surface area contributed by atoms with E-state index in [1.54, 1.807) is 0 Å². The Hall–Kier alpha value is -2.04. The molecule has 2 amide bonds. The maximum Gasteiger partial charge on any atom is 0.315 e. The highest BCUT2D eigenvalue weighted by Crippen LogP contribution is 2.30. The van der Waals surface area contributed by atoms with E-state index in [0.29, 0.717) is 12.6 Å². The van der Waals surface area contributed by atoms with Gasteiger partial charge in [-0.25, -0.2) is 4.79 Å². The molecule has 1 saturated heterocycles. The predicted molar refractivity (Wildman–Crippen MR) is 123 cm³/mol. The first-order chi connectivity index (χ1) is 14.7. The quantitative estimate of drug-likeness (QED) is 0.682. The molecule has 1 aliphatic heterocycles. The average Bonchev–Trinajstić information content (AvgIpc) is 3.23. The topological polar surface area (TPSA) is 44.4 Å². The number of carbonyl (C=O) groups excluding carboxylic acids is 1. The molecule has 2 aliphatic rings. The van der Waals surface area contributed by atoms with Crippen molar-refractivity contribution < 1.29 is 4.79 Å². The van der Waals surface area contributed by atoms with Gasteiger partial charge in [0.05, 0.1) is 0 Å². The zero-order valence-electron chi connectivity index (χ0n) is 17.5. The van der Waals surface area contributed by atoms with Crippen LogP contribution in [-0.4, -0.2) is 36.1 Å². The monoisotopic (exact) mass is 425 g/mol. The van der Waals surface area contributed by atoms with Gasteiger partial charge in [-0.3, -0.25) is 4.90 Å². The largest absolute Gasteiger partial charge is 0.334 e. The smallest absolute Gasteiger partial charge is 0.315 e. The highest BCUT2D eigenvalue weighted by molar-refractivity contribution is 6.30. The molecule has 0 aromatic heterocycles. The van der Waals surface area contributed by atoms with Gasteiger partial charge in [-0.15, -0.1) is 0 Å². The lowest BCUT2D eigenvalue weighted by Crippen LogP contribution is -2.53. The molecule has 0 unspecified atom stereocenters. The molecule has 0 bridgehead atoms. The SMILES string of the molecule is O=C(NCc1ccccc1)N[C@@H]1CCC[C@H]1N1CCC(Cc2ccc(Cl)cc2)CC1. The fourth-order valence-corrected chi connectivity index (χ4v) is 5.11. The Morgan fingerprint density at radius 2 is 1.67 bits per heavy atom. The van der Waals surface area contributed by atoms with Gasteiger partial charge >= 0.3 is 6.03 Å². The zero-order valence-corrected chi connectivity index (χ0v) is 18.3. The Kier molecular flexibility index (Phi) is 7.29. The molecule has 1 aliphatic carbocycles. The molecule has 2 aromatic carbocycles. The molecule has 0 radical (unpaired) electrons. The molecule has 30 heavy (non-hydrogen) atoms. The number of carbonyl (C=O) groups is 1. The summed E-state index contributed by atoms with van der Waals surface area (Å²) in [7, 11) is 0. The Morgan fingerprint density at radius 1 is 0.933 bits per heavy atom. The summed E-state index contributed by atoms with van der Waals surface area (Å²) in [6.07, 6.45) is 7.05. The molecule has 2 atom stereocenters. The van der Waals surface area contributed by atoms with E-state index in [-0.39, 0.29) is 12.1 Å². The Labute approximate surface area is 185 Å². The maximum atomic E-state index is 12.4. The lowest BCUT2D eigenvalue weighted by atomic mass is 9.89. The van der Waals surface area contributed by atoms with E-state index in [0.717, 1.165) is 42.4 Å². The summed E-state index contributed by atoms with van der Waals surface area (Å²) in [6, 6.07) is 19.0. The van der Waals surface area contributed by atoms with Crippen LogP contribution >= 0.6 is 11.6 Å². The third-order valence-corrected chi connectivity index (χ3v) is 6.90. The molecule has 2 N–H and O–H groups in total. The summed E-state index contributed by atoms with van der Waals surface area (Å²) in [5.41, 5.74) is 2.51. The molecule has 160 valence electrons. The molecule has 2 aromatic rings. The summed E-state index contributed by atoms with van der Waals surface area (Å²) in [6.45, 7) is 2.83. The lowest BCUT2D eigenvalue weighted by molar-refractivity contribution is 0.118. The van der Waals surface area contributed by atoms with Crippen LogP contribution < -0.4 is 10.6 Å². The molecule has 1 heterocycles. The first-order valence-corrected chi connectivity index (χ1v) is 11.6. The van der Waals surface area contributed by atoms with Crippen molar-refractivity contribution in [2.75, 3.05) is 13.1 Å². The van der Waals surface area contributed by atoms with Gasteiger partial charge in [0.1, 0.15) is 0 Å². The second kappa shape index (κ2) is 10.3. The zero-order chi connectivity index (χ0) is 20.8. The molecular weight excluding hydrogens is 394 g/mol. The fourth-order valence-electron chi connectivity index (χ4n) is 4.99. The van der Waals surface area contributed by atoms with E-state index in [9.17, 15) is 4.79 Å². The second-order valence-corrected chi connectivity index (χ2v) is 9.16. The van der Waals surface area contributed by atoms with Crippen LogP contribution in [0.4, 0.5) is 4.79 Å². The van der Waals surface area contributed by atoms with Crippen LogP contribution in [0.1, 0.15) is 43.2 Å². The van der Waals surface area contributed by atoms with Gasteiger partial charge in [0.2, 0.25) is 0 Å². The summed E-state index contributed by atoms with van der Waals surface area (Å²) in [5.74, 6) is 0.740. The number of benzene rings is 2. The van der Waals surface area contributed by atoms with Crippen LogP contribution in [0, 0.1) is 5.92 Å². The highest BCUT2D eigenvalue weighted by atomic mass is 35.5. The van der Waals surface area contributed by atoms with Gasteiger partial charge in [-0.2, -0.15) is 0 Å². The minimum atomic E-state index is -0.0478. The van der Waals surface area contributed by atoms with Crippen LogP contribution in [-0.2, 0) is 13.0 Å². The van der Waals surface area contributed by atoms with E-state index in [1.165, 1.54) is 31.2 Å². The average molecular weight is 426 g/mol. The van der Waals surface area contributed by atoms with Crippen molar-refractivity contribution in [3.63, 3.8) is 0 Å². The summed E-state index contributed by atoms with van der Waals surface area (Å²) >= 11 is 6.01. The van der Waals surface area contributed by atoms with Gasteiger partial charge in [-0.05, 0) is 80.8 Å². The Morgan fingerprint density at radius 3 is 2.40 bits per heavy atom. The van der Waals surface area contributed by atoms with Crippen LogP contribution in [0.25, 0.3) is 0 Å². The molecule has 4 nitrogen and oxygen atoms in total. The van der Waals surface area contributed by atoms with Gasteiger partial charge in [-0.1, -0.05) is 54.1 Å². The lowest BCUT2D eigenvalue weighted by Gasteiger charge is -2.38. The number of piperidine rings is 1. The number of urea groups is 1.